The van der Waals surface area contributed by atoms with Crippen molar-refractivity contribution in [2.45, 2.75) is 18.6 Å². The van der Waals surface area contributed by atoms with Gasteiger partial charge in [0.25, 0.3) is 0 Å². The summed E-state index contributed by atoms with van der Waals surface area (Å²) in [5, 5.41) is 8.51. The highest BCUT2D eigenvalue weighted by Gasteiger charge is 2.32. The fourth-order valence-electron chi connectivity index (χ4n) is 1.10. The number of hydrogen-bond donors (Lipinski definition) is 2. The zero-order valence-electron chi connectivity index (χ0n) is 8.44. The second-order valence-corrected chi connectivity index (χ2v) is 3.20. The Kier molecular flexibility index (Phi) is 5.37. The van der Waals surface area contributed by atoms with Crippen LogP contribution in [0.3, 0.4) is 0 Å². The molecule has 0 fully saturated rings. The molecule has 1 aromatic heterocycles. The molecule has 0 aromatic carbocycles. The van der Waals surface area contributed by atoms with Crippen LogP contribution in [0.25, 0.3) is 0 Å². The van der Waals surface area contributed by atoms with Crippen molar-refractivity contribution in [2.75, 3.05) is 0 Å². The Morgan fingerprint density at radius 1 is 1.53 bits per heavy atom. The molecule has 3 N–H and O–H groups in total. The summed E-state index contributed by atoms with van der Waals surface area (Å²) in [5.41, 5.74) is 4.35. The standard InChI is InChI=1S/C9H9F3N2O2.ClH/c10-9(11,12)7-4-5(1-2-14-7)3-6(13)8(15)16;/h1-2,4,6H,3,13H2,(H,15,16);1H. The van der Waals surface area contributed by atoms with Gasteiger partial charge in [0, 0.05) is 6.20 Å². The normalized spacial score (nSPS) is 12.7. The lowest BCUT2D eigenvalue weighted by Crippen LogP contribution is -2.32. The Bertz CT molecular complexity index is 398. The third-order valence-electron chi connectivity index (χ3n) is 1.89. The van der Waals surface area contributed by atoms with Crippen LogP contribution in [-0.2, 0) is 17.4 Å². The minimum absolute atomic E-state index is 0. The van der Waals surface area contributed by atoms with Crippen LogP contribution in [0.2, 0.25) is 0 Å². The number of halogens is 4. The number of aliphatic carboxylic acids is 1. The van der Waals surface area contributed by atoms with E-state index in [1.807, 2.05) is 0 Å². The second kappa shape index (κ2) is 5.83. The van der Waals surface area contributed by atoms with Crippen LogP contribution in [0.1, 0.15) is 11.3 Å². The van der Waals surface area contributed by atoms with Crippen molar-refractivity contribution in [1.29, 1.82) is 0 Å². The highest BCUT2D eigenvalue weighted by Crippen LogP contribution is 2.27. The Morgan fingerprint density at radius 2 is 2.12 bits per heavy atom. The largest absolute Gasteiger partial charge is 0.480 e. The highest BCUT2D eigenvalue weighted by atomic mass is 35.5. The number of rotatable bonds is 3. The molecule has 0 amide bonds. The Balaban J connectivity index is 0.00000256. The molecule has 0 aliphatic heterocycles. The number of carboxylic acid groups (broad SMARTS) is 1. The molecular weight excluding hydrogens is 261 g/mol. The summed E-state index contributed by atoms with van der Waals surface area (Å²) in [7, 11) is 0. The molecule has 1 unspecified atom stereocenters. The van der Waals surface area contributed by atoms with Crippen molar-refractivity contribution in [3.8, 4) is 0 Å². The summed E-state index contributed by atoms with van der Waals surface area (Å²) in [6.45, 7) is 0. The van der Waals surface area contributed by atoms with Crippen molar-refractivity contribution in [3.05, 3.63) is 29.6 Å². The summed E-state index contributed by atoms with van der Waals surface area (Å²) in [4.78, 5) is 13.6. The zero-order chi connectivity index (χ0) is 12.3. The Hall–Kier alpha value is -1.34. The fourth-order valence-corrected chi connectivity index (χ4v) is 1.10. The van der Waals surface area contributed by atoms with E-state index in [0.717, 1.165) is 12.3 Å². The maximum Gasteiger partial charge on any atom is 0.433 e. The molecule has 0 aliphatic carbocycles. The molecule has 0 saturated carbocycles. The molecule has 4 nitrogen and oxygen atoms in total. The first-order chi connectivity index (χ1) is 7.30. The van der Waals surface area contributed by atoms with Gasteiger partial charge >= 0.3 is 12.1 Å². The fraction of sp³-hybridized carbons (Fsp3) is 0.333. The van der Waals surface area contributed by atoms with E-state index in [9.17, 15) is 18.0 Å². The molecule has 1 rings (SSSR count). The molecular formula is C9H10ClF3N2O2. The predicted octanol–water partition coefficient (Wildman–Crippen LogP) is 1.48. The lowest BCUT2D eigenvalue weighted by atomic mass is 10.1. The smallest absolute Gasteiger partial charge is 0.433 e. The number of nitrogens with zero attached hydrogens (tertiary/aromatic N) is 1. The molecule has 0 aliphatic rings. The van der Waals surface area contributed by atoms with Gasteiger partial charge in [-0.25, -0.2) is 0 Å². The lowest BCUT2D eigenvalue weighted by Gasteiger charge is -2.09. The lowest BCUT2D eigenvalue weighted by molar-refractivity contribution is -0.141. The summed E-state index contributed by atoms with van der Waals surface area (Å²) in [6.07, 6.45) is -3.73. The van der Waals surface area contributed by atoms with Crippen molar-refractivity contribution in [2.24, 2.45) is 5.73 Å². The topological polar surface area (TPSA) is 76.2 Å². The molecule has 0 radical (unpaired) electrons. The first kappa shape index (κ1) is 15.7. The van der Waals surface area contributed by atoms with Crippen LogP contribution < -0.4 is 5.73 Å². The molecule has 17 heavy (non-hydrogen) atoms. The Morgan fingerprint density at radius 3 is 2.59 bits per heavy atom. The van der Waals surface area contributed by atoms with Crippen molar-refractivity contribution >= 4 is 18.4 Å². The number of pyridine rings is 1. The molecule has 1 atom stereocenters. The number of alkyl halides is 3. The molecule has 0 spiro atoms. The van der Waals surface area contributed by atoms with Gasteiger partial charge in [-0.1, -0.05) is 0 Å². The van der Waals surface area contributed by atoms with Gasteiger partial charge in [0.1, 0.15) is 11.7 Å². The zero-order valence-corrected chi connectivity index (χ0v) is 9.26. The average molecular weight is 271 g/mol. The first-order valence-electron chi connectivity index (χ1n) is 4.31. The number of aromatic nitrogens is 1. The summed E-state index contributed by atoms with van der Waals surface area (Å²) in [5.74, 6) is -1.26. The molecule has 96 valence electrons. The van der Waals surface area contributed by atoms with Crippen molar-refractivity contribution in [3.63, 3.8) is 0 Å². The van der Waals surface area contributed by atoms with Gasteiger partial charge in [0.15, 0.2) is 0 Å². The molecule has 1 aromatic rings. The van der Waals surface area contributed by atoms with Gasteiger partial charge in [0.05, 0.1) is 0 Å². The third kappa shape index (κ3) is 4.58. The molecule has 0 bridgehead atoms. The Labute approximate surface area is 101 Å². The molecule has 1 heterocycles. The second-order valence-electron chi connectivity index (χ2n) is 3.20. The van der Waals surface area contributed by atoms with Gasteiger partial charge in [-0.15, -0.1) is 12.4 Å². The van der Waals surface area contributed by atoms with Crippen LogP contribution in [0.5, 0.6) is 0 Å². The van der Waals surface area contributed by atoms with Crippen LogP contribution in [0, 0.1) is 0 Å². The van der Waals surface area contributed by atoms with Crippen LogP contribution in [0.15, 0.2) is 18.3 Å². The first-order valence-corrected chi connectivity index (χ1v) is 4.31. The summed E-state index contributed by atoms with van der Waals surface area (Å²) < 4.78 is 36.8. The molecule has 0 saturated heterocycles. The van der Waals surface area contributed by atoms with Crippen LogP contribution in [0.4, 0.5) is 13.2 Å². The average Bonchev–Trinajstić information content (AvgIpc) is 2.16. The van der Waals surface area contributed by atoms with E-state index < -0.39 is 23.9 Å². The van der Waals surface area contributed by atoms with E-state index in [1.54, 1.807) is 0 Å². The van der Waals surface area contributed by atoms with E-state index in [2.05, 4.69) is 4.98 Å². The van der Waals surface area contributed by atoms with Gasteiger partial charge in [-0.3, -0.25) is 9.78 Å². The van der Waals surface area contributed by atoms with Gasteiger partial charge < -0.3 is 10.8 Å². The maximum atomic E-state index is 12.3. The summed E-state index contributed by atoms with van der Waals surface area (Å²) >= 11 is 0. The van der Waals surface area contributed by atoms with E-state index in [-0.39, 0.29) is 24.4 Å². The minimum atomic E-state index is -4.54. The quantitative estimate of drug-likeness (QED) is 0.872. The number of carboxylic acids is 1. The van der Waals surface area contributed by atoms with Crippen LogP contribution in [-0.4, -0.2) is 22.1 Å². The number of carbonyl (C=O) groups is 1. The van der Waals surface area contributed by atoms with Crippen molar-refractivity contribution < 1.29 is 23.1 Å². The van der Waals surface area contributed by atoms with E-state index in [0.29, 0.717) is 0 Å². The van der Waals surface area contributed by atoms with Gasteiger partial charge in [-0.2, -0.15) is 13.2 Å². The van der Waals surface area contributed by atoms with Crippen molar-refractivity contribution in [1.82, 2.24) is 4.98 Å². The van der Waals surface area contributed by atoms with Gasteiger partial charge in [-0.05, 0) is 24.1 Å². The van der Waals surface area contributed by atoms with E-state index >= 15 is 0 Å². The van der Waals surface area contributed by atoms with E-state index in [1.165, 1.54) is 6.07 Å². The maximum absolute atomic E-state index is 12.3. The summed E-state index contributed by atoms with van der Waals surface area (Å²) in [6, 6.07) is 0.879. The third-order valence-corrected chi connectivity index (χ3v) is 1.89. The molecule has 8 heteroatoms. The number of hydrogen-bond acceptors (Lipinski definition) is 3. The number of nitrogens with two attached hydrogens (primary N) is 1. The van der Waals surface area contributed by atoms with Gasteiger partial charge in [0.2, 0.25) is 0 Å². The monoisotopic (exact) mass is 270 g/mol. The minimum Gasteiger partial charge on any atom is -0.480 e. The highest BCUT2D eigenvalue weighted by molar-refractivity contribution is 5.85. The predicted molar refractivity (Wildman–Crippen MR) is 55.8 cm³/mol. The SMILES string of the molecule is Cl.NC(Cc1ccnc(C(F)(F)F)c1)C(=O)O. The van der Waals surface area contributed by atoms with Crippen LogP contribution >= 0.6 is 12.4 Å². The van der Waals surface area contributed by atoms with E-state index in [4.69, 9.17) is 10.8 Å².